The standard InChI is InChI=1S/C15H14F2N2O/c1-9(13-8-11(16)5-6-14(13)17)19-15(20)10-3-2-4-12(18)7-10/h2-9H,18H2,1H3,(H,19,20). The second-order valence-corrected chi connectivity index (χ2v) is 4.49. The highest BCUT2D eigenvalue weighted by Gasteiger charge is 2.15. The maximum Gasteiger partial charge on any atom is 0.251 e. The molecular weight excluding hydrogens is 262 g/mol. The monoisotopic (exact) mass is 276 g/mol. The third-order valence-electron chi connectivity index (χ3n) is 2.92. The van der Waals surface area contributed by atoms with Gasteiger partial charge in [-0.1, -0.05) is 6.07 Å². The minimum absolute atomic E-state index is 0.0993. The Morgan fingerprint density at radius 2 is 1.95 bits per heavy atom. The molecule has 0 fully saturated rings. The van der Waals surface area contributed by atoms with Gasteiger partial charge < -0.3 is 11.1 Å². The van der Waals surface area contributed by atoms with Crippen LogP contribution in [-0.4, -0.2) is 5.91 Å². The molecule has 2 aromatic rings. The smallest absolute Gasteiger partial charge is 0.251 e. The SMILES string of the molecule is CC(NC(=O)c1cccc(N)c1)c1cc(F)ccc1F. The molecule has 1 amide bonds. The fourth-order valence-electron chi connectivity index (χ4n) is 1.88. The molecule has 20 heavy (non-hydrogen) atoms. The fourth-order valence-corrected chi connectivity index (χ4v) is 1.88. The van der Waals surface area contributed by atoms with Gasteiger partial charge in [-0.15, -0.1) is 0 Å². The van der Waals surface area contributed by atoms with Gasteiger partial charge in [0.2, 0.25) is 0 Å². The molecule has 0 aromatic heterocycles. The summed E-state index contributed by atoms with van der Waals surface area (Å²) >= 11 is 0. The summed E-state index contributed by atoms with van der Waals surface area (Å²) in [7, 11) is 0. The van der Waals surface area contributed by atoms with Gasteiger partial charge in [-0.2, -0.15) is 0 Å². The van der Waals surface area contributed by atoms with Gasteiger partial charge >= 0.3 is 0 Å². The van der Waals surface area contributed by atoms with Gasteiger partial charge in [0.05, 0.1) is 6.04 Å². The van der Waals surface area contributed by atoms with Crippen LogP contribution in [0.4, 0.5) is 14.5 Å². The highest BCUT2D eigenvalue weighted by Crippen LogP contribution is 2.18. The van der Waals surface area contributed by atoms with E-state index in [1.165, 1.54) is 6.07 Å². The number of carbonyl (C=O) groups excluding carboxylic acids is 1. The molecule has 1 atom stereocenters. The van der Waals surface area contributed by atoms with Gasteiger partial charge in [-0.3, -0.25) is 4.79 Å². The van der Waals surface area contributed by atoms with Crippen LogP contribution in [0, 0.1) is 11.6 Å². The lowest BCUT2D eigenvalue weighted by molar-refractivity contribution is 0.0939. The van der Waals surface area contributed by atoms with Crippen molar-refractivity contribution in [1.82, 2.24) is 5.32 Å². The lowest BCUT2D eigenvalue weighted by Crippen LogP contribution is -2.27. The number of amides is 1. The summed E-state index contributed by atoms with van der Waals surface area (Å²) in [5.41, 5.74) is 6.52. The van der Waals surface area contributed by atoms with E-state index < -0.39 is 23.6 Å². The molecule has 1 unspecified atom stereocenters. The number of benzene rings is 2. The third-order valence-corrected chi connectivity index (χ3v) is 2.92. The molecule has 0 bridgehead atoms. The normalized spacial score (nSPS) is 11.9. The molecule has 0 aliphatic heterocycles. The first-order valence-corrected chi connectivity index (χ1v) is 6.08. The molecule has 0 heterocycles. The summed E-state index contributed by atoms with van der Waals surface area (Å²) in [5.74, 6) is -1.51. The predicted octanol–water partition coefficient (Wildman–Crippen LogP) is 3.04. The van der Waals surface area contributed by atoms with E-state index >= 15 is 0 Å². The van der Waals surface area contributed by atoms with Crippen molar-refractivity contribution in [3.05, 3.63) is 65.2 Å². The molecular formula is C15H14F2N2O. The van der Waals surface area contributed by atoms with E-state index in [0.717, 1.165) is 18.2 Å². The highest BCUT2D eigenvalue weighted by molar-refractivity contribution is 5.95. The lowest BCUT2D eigenvalue weighted by atomic mass is 10.1. The number of halogens is 2. The minimum Gasteiger partial charge on any atom is -0.399 e. The summed E-state index contributed by atoms with van der Waals surface area (Å²) < 4.78 is 26.7. The van der Waals surface area contributed by atoms with Crippen LogP contribution >= 0.6 is 0 Å². The summed E-state index contributed by atoms with van der Waals surface area (Å²) in [6.07, 6.45) is 0. The number of carbonyl (C=O) groups is 1. The largest absolute Gasteiger partial charge is 0.399 e. The number of anilines is 1. The number of nitrogens with one attached hydrogen (secondary N) is 1. The van der Waals surface area contributed by atoms with Crippen molar-refractivity contribution in [1.29, 1.82) is 0 Å². The van der Waals surface area contributed by atoms with Crippen molar-refractivity contribution in [3.8, 4) is 0 Å². The number of nitrogen functional groups attached to an aromatic ring is 1. The Labute approximate surface area is 115 Å². The number of nitrogens with two attached hydrogens (primary N) is 1. The van der Waals surface area contributed by atoms with Crippen LogP contribution in [0.3, 0.4) is 0 Å². The zero-order valence-electron chi connectivity index (χ0n) is 10.9. The number of rotatable bonds is 3. The summed E-state index contributed by atoms with van der Waals surface area (Å²) in [5, 5.41) is 2.61. The molecule has 3 nitrogen and oxygen atoms in total. The second-order valence-electron chi connectivity index (χ2n) is 4.49. The summed E-state index contributed by atoms with van der Waals surface area (Å²) in [6, 6.07) is 8.91. The van der Waals surface area contributed by atoms with E-state index in [2.05, 4.69) is 5.32 Å². The maximum atomic E-state index is 13.6. The molecule has 0 aliphatic carbocycles. The van der Waals surface area contributed by atoms with Crippen molar-refractivity contribution in [3.63, 3.8) is 0 Å². The average Bonchev–Trinajstić information content (AvgIpc) is 2.41. The average molecular weight is 276 g/mol. The van der Waals surface area contributed by atoms with Crippen LogP contribution in [-0.2, 0) is 0 Å². The van der Waals surface area contributed by atoms with Crippen molar-refractivity contribution in [2.75, 3.05) is 5.73 Å². The molecule has 0 aliphatic rings. The molecule has 2 aromatic carbocycles. The Kier molecular flexibility index (Phi) is 3.98. The topological polar surface area (TPSA) is 55.1 Å². The maximum absolute atomic E-state index is 13.6. The molecule has 5 heteroatoms. The second kappa shape index (κ2) is 5.69. The molecule has 0 spiro atoms. The molecule has 2 rings (SSSR count). The van der Waals surface area contributed by atoms with Crippen molar-refractivity contribution in [2.45, 2.75) is 13.0 Å². The number of hydrogen-bond acceptors (Lipinski definition) is 2. The highest BCUT2D eigenvalue weighted by atomic mass is 19.1. The predicted molar refractivity (Wildman–Crippen MR) is 73.1 cm³/mol. The summed E-state index contributed by atoms with van der Waals surface area (Å²) in [6.45, 7) is 1.59. The van der Waals surface area contributed by atoms with Crippen LogP contribution in [0.2, 0.25) is 0 Å². The van der Waals surface area contributed by atoms with E-state index in [4.69, 9.17) is 5.73 Å². The molecule has 3 N–H and O–H groups in total. The first-order valence-electron chi connectivity index (χ1n) is 6.08. The van der Waals surface area contributed by atoms with E-state index in [1.54, 1.807) is 25.1 Å². The fraction of sp³-hybridized carbons (Fsp3) is 0.133. The summed E-state index contributed by atoms with van der Waals surface area (Å²) in [4.78, 5) is 12.0. The minimum atomic E-state index is -0.653. The first-order chi connectivity index (χ1) is 9.47. The van der Waals surface area contributed by atoms with Gasteiger partial charge in [-0.25, -0.2) is 8.78 Å². The van der Waals surface area contributed by atoms with E-state index in [-0.39, 0.29) is 5.56 Å². The van der Waals surface area contributed by atoms with E-state index in [0.29, 0.717) is 11.3 Å². The van der Waals surface area contributed by atoms with E-state index in [1.807, 2.05) is 0 Å². The van der Waals surface area contributed by atoms with E-state index in [9.17, 15) is 13.6 Å². The van der Waals surface area contributed by atoms with Crippen molar-refractivity contribution < 1.29 is 13.6 Å². The zero-order valence-corrected chi connectivity index (χ0v) is 10.9. The van der Waals surface area contributed by atoms with Crippen molar-refractivity contribution in [2.24, 2.45) is 0 Å². The quantitative estimate of drug-likeness (QED) is 0.847. The Morgan fingerprint density at radius 1 is 1.20 bits per heavy atom. The molecule has 0 saturated heterocycles. The van der Waals surface area contributed by atoms with Gasteiger partial charge in [0, 0.05) is 16.8 Å². The van der Waals surface area contributed by atoms with Gasteiger partial charge in [-0.05, 0) is 43.3 Å². The Balaban J connectivity index is 2.17. The van der Waals surface area contributed by atoms with Gasteiger partial charge in [0.15, 0.2) is 0 Å². The van der Waals surface area contributed by atoms with Gasteiger partial charge in [0.1, 0.15) is 11.6 Å². The number of hydrogen-bond donors (Lipinski definition) is 2. The Morgan fingerprint density at radius 3 is 2.65 bits per heavy atom. The zero-order chi connectivity index (χ0) is 14.7. The van der Waals surface area contributed by atoms with Crippen LogP contribution in [0.5, 0.6) is 0 Å². The van der Waals surface area contributed by atoms with Crippen LogP contribution < -0.4 is 11.1 Å². The molecule has 0 radical (unpaired) electrons. The third kappa shape index (κ3) is 3.12. The van der Waals surface area contributed by atoms with Crippen molar-refractivity contribution >= 4 is 11.6 Å². The molecule has 0 saturated carbocycles. The van der Waals surface area contributed by atoms with Crippen LogP contribution in [0.25, 0.3) is 0 Å². The Hall–Kier alpha value is -2.43. The first kappa shape index (κ1) is 14.0. The van der Waals surface area contributed by atoms with Crippen LogP contribution in [0.15, 0.2) is 42.5 Å². The van der Waals surface area contributed by atoms with Crippen LogP contribution in [0.1, 0.15) is 28.9 Å². The lowest BCUT2D eigenvalue weighted by Gasteiger charge is -2.15. The van der Waals surface area contributed by atoms with Gasteiger partial charge in [0.25, 0.3) is 5.91 Å². The molecule has 104 valence electrons. The Bertz CT molecular complexity index is 644.